The van der Waals surface area contributed by atoms with Crippen molar-refractivity contribution in [3.8, 4) is 0 Å². The van der Waals surface area contributed by atoms with Crippen LogP contribution in [0, 0.1) is 18.8 Å². The smallest absolute Gasteiger partial charge is 0.448 e. The Hall–Kier alpha value is -1.21. The molecule has 2 fully saturated rings. The lowest BCUT2D eigenvalue weighted by Gasteiger charge is -2.28. The fourth-order valence-electron chi connectivity index (χ4n) is 5.72. The lowest BCUT2D eigenvalue weighted by Crippen LogP contribution is -2.32. The summed E-state index contributed by atoms with van der Waals surface area (Å²) >= 11 is 4.99. The number of rotatable bonds is 5. The number of Topliss-reactive ketones (excluding diaryl/α,β-unsaturated/α-hetero) is 1. The first-order chi connectivity index (χ1) is 15.6. The van der Waals surface area contributed by atoms with Gasteiger partial charge in [-0.15, -0.1) is 0 Å². The van der Waals surface area contributed by atoms with Gasteiger partial charge in [-0.05, 0) is 75.0 Å². The minimum absolute atomic E-state index is 0.108. The van der Waals surface area contributed by atoms with Crippen LogP contribution in [-0.4, -0.2) is 36.4 Å². The topological polar surface area (TPSA) is 44.8 Å². The average molecular weight is 517 g/mol. The molecule has 9 heteroatoms. The molecular weight excluding hydrogens is 484 g/mol. The molecule has 1 saturated heterocycles. The van der Waals surface area contributed by atoms with Crippen molar-refractivity contribution in [2.24, 2.45) is 11.8 Å². The first-order valence-electron chi connectivity index (χ1n) is 11.7. The molecule has 3 aliphatic rings. The summed E-state index contributed by atoms with van der Waals surface area (Å²) in [6.07, 6.45) is -2.17. The monoisotopic (exact) mass is 516 g/mol. The first-order valence-corrected chi connectivity index (χ1v) is 14.9. The molecule has 2 aliphatic carbocycles. The molecule has 4 unspecified atom stereocenters. The number of carbonyl (C=O) groups excluding carboxylic acids is 1. The number of allylic oxidation sites excluding steroid dienone is 2. The molecule has 0 bridgehead atoms. The average Bonchev–Trinajstić information content (AvgIpc) is 3.31. The van der Waals surface area contributed by atoms with E-state index in [1.165, 1.54) is 0 Å². The van der Waals surface area contributed by atoms with Crippen LogP contribution >= 0.6 is 6.26 Å². The van der Waals surface area contributed by atoms with Gasteiger partial charge in [-0.1, -0.05) is 31.5 Å². The van der Waals surface area contributed by atoms with Crippen molar-refractivity contribution >= 4 is 29.4 Å². The second-order valence-corrected chi connectivity index (χ2v) is 14.7. The number of aryl methyl sites for hydroxylation is 3. The highest BCUT2D eigenvalue weighted by molar-refractivity contribution is 8.12. The SMILES string of the molecule is CCc1cc(C)cc(CC)c1C1=C(OP(C)(=S)C(F)(F)F)C2CC3(COC(C)(C)O3)CC2C1=O. The molecule has 4 rings (SSSR count). The Balaban J connectivity index is 1.89. The summed E-state index contributed by atoms with van der Waals surface area (Å²) in [7, 11) is 0. The first kappa shape index (κ1) is 25.9. The number of alkyl halides is 3. The summed E-state index contributed by atoms with van der Waals surface area (Å²) < 4.78 is 59.3. The molecule has 4 nitrogen and oxygen atoms in total. The van der Waals surface area contributed by atoms with Crippen molar-refractivity contribution in [2.75, 3.05) is 13.3 Å². The highest BCUT2D eigenvalue weighted by Gasteiger charge is 2.61. The zero-order chi connectivity index (χ0) is 25.3. The molecule has 0 aromatic heterocycles. The van der Waals surface area contributed by atoms with Gasteiger partial charge in [0, 0.05) is 18.5 Å². The molecule has 1 aliphatic heterocycles. The molecule has 0 amide bonds. The number of hydrogen-bond donors (Lipinski definition) is 0. The maximum atomic E-state index is 13.9. The van der Waals surface area contributed by atoms with Gasteiger partial charge in [-0.3, -0.25) is 4.79 Å². The summed E-state index contributed by atoms with van der Waals surface area (Å²) in [5.41, 5.74) is 3.23. The van der Waals surface area contributed by atoms with Crippen LogP contribution < -0.4 is 0 Å². The molecule has 188 valence electrons. The van der Waals surface area contributed by atoms with Crippen molar-refractivity contribution in [3.05, 3.63) is 40.1 Å². The molecule has 1 aromatic rings. The van der Waals surface area contributed by atoms with Crippen molar-refractivity contribution in [1.82, 2.24) is 0 Å². The van der Waals surface area contributed by atoms with Gasteiger partial charge in [0.15, 0.2) is 11.6 Å². The van der Waals surface area contributed by atoms with Crippen LogP contribution in [-0.2, 0) is 43.4 Å². The van der Waals surface area contributed by atoms with Gasteiger partial charge < -0.3 is 14.0 Å². The Morgan fingerprint density at radius 2 is 1.71 bits per heavy atom. The van der Waals surface area contributed by atoms with E-state index in [1.807, 2.05) is 32.9 Å². The van der Waals surface area contributed by atoms with E-state index in [4.69, 9.17) is 25.8 Å². The van der Waals surface area contributed by atoms with E-state index in [0.717, 1.165) is 28.9 Å². The van der Waals surface area contributed by atoms with Gasteiger partial charge in [-0.2, -0.15) is 13.2 Å². The molecule has 0 N–H and O–H groups in total. The Bertz CT molecular complexity index is 1080. The van der Waals surface area contributed by atoms with Gasteiger partial charge in [0.25, 0.3) is 0 Å². The lowest BCUT2D eigenvalue weighted by molar-refractivity contribution is -0.161. The van der Waals surface area contributed by atoms with Crippen LogP contribution in [0.25, 0.3) is 5.57 Å². The Kier molecular flexibility index (Phi) is 6.41. The van der Waals surface area contributed by atoms with E-state index in [-0.39, 0.29) is 17.1 Å². The molecule has 34 heavy (non-hydrogen) atoms. The normalized spacial score (nSPS) is 30.2. The van der Waals surface area contributed by atoms with Crippen LogP contribution in [0.1, 0.15) is 62.8 Å². The number of ketones is 1. The second kappa shape index (κ2) is 8.43. The number of ether oxygens (including phenoxy) is 2. The van der Waals surface area contributed by atoms with Crippen LogP contribution in [0.15, 0.2) is 17.9 Å². The summed E-state index contributed by atoms with van der Waals surface area (Å²) in [4.78, 5) is 13.9. The quantitative estimate of drug-likeness (QED) is 0.417. The third kappa shape index (κ3) is 4.29. The number of halogens is 3. The number of hydrogen-bond acceptors (Lipinski definition) is 5. The van der Waals surface area contributed by atoms with Gasteiger partial charge >= 0.3 is 5.92 Å². The van der Waals surface area contributed by atoms with Crippen molar-refractivity contribution in [3.63, 3.8) is 0 Å². The van der Waals surface area contributed by atoms with E-state index in [1.54, 1.807) is 13.8 Å². The molecule has 4 atom stereocenters. The van der Waals surface area contributed by atoms with Crippen LogP contribution in [0.5, 0.6) is 0 Å². The molecule has 0 radical (unpaired) electrons. The maximum absolute atomic E-state index is 13.9. The summed E-state index contributed by atoms with van der Waals surface area (Å²) in [5, 5.41) is 0. The minimum atomic E-state index is -4.67. The third-order valence-electron chi connectivity index (χ3n) is 7.17. The van der Waals surface area contributed by atoms with Gasteiger partial charge in [0.1, 0.15) is 5.76 Å². The standard InChI is InChI=1S/C25H32F3O4PS/c1-7-15-9-14(3)10-16(8-2)19(15)20-21(29)17-11-24(13-30-23(4,5)32-24)12-18(17)22(20)31-33(6,34)25(26,27)28/h9-10,17-18H,7-8,11-13H2,1-6H3. The van der Waals surface area contributed by atoms with E-state index >= 15 is 0 Å². The molecule has 1 spiro atoms. The molecule has 1 heterocycles. The zero-order valence-electron chi connectivity index (χ0n) is 20.5. The van der Waals surface area contributed by atoms with E-state index < -0.39 is 35.4 Å². The number of benzene rings is 1. The lowest BCUT2D eigenvalue weighted by atomic mass is 9.86. The molecule has 1 aromatic carbocycles. The predicted molar refractivity (Wildman–Crippen MR) is 129 cm³/mol. The Labute approximate surface area is 204 Å². The number of fused-ring (bicyclic) bond motifs is 1. The van der Waals surface area contributed by atoms with Gasteiger partial charge in [0.05, 0.1) is 17.8 Å². The predicted octanol–water partition coefficient (Wildman–Crippen LogP) is 6.52. The summed E-state index contributed by atoms with van der Waals surface area (Å²) in [5.74, 6) is -6.56. The Morgan fingerprint density at radius 1 is 1.15 bits per heavy atom. The zero-order valence-corrected chi connectivity index (χ0v) is 22.2. The minimum Gasteiger partial charge on any atom is -0.461 e. The highest BCUT2D eigenvalue weighted by Crippen LogP contribution is 2.65. The Morgan fingerprint density at radius 3 is 2.18 bits per heavy atom. The summed E-state index contributed by atoms with van der Waals surface area (Å²) in [6.45, 7) is 10.8. The third-order valence-corrected chi connectivity index (χ3v) is 9.48. The second-order valence-electron chi connectivity index (χ2n) is 10.3. The van der Waals surface area contributed by atoms with Crippen molar-refractivity contribution in [1.29, 1.82) is 0 Å². The number of carbonyl (C=O) groups is 1. The van der Waals surface area contributed by atoms with Crippen LogP contribution in [0.2, 0.25) is 0 Å². The maximum Gasteiger partial charge on any atom is 0.448 e. The fourth-order valence-corrected chi connectivity index (χ4v) is 6.67. The van der Waals surface area contributed by atoms with E-state index in [9.17, 15) is 18.0 Å². The summed E-state index contributed by atoms with van der Waals surface area (Å²) in [6, 6.07) is 4.01. The highest BCUT2D eigenvalue weighted by atomic mass is 32.4. The van der Waals surface area contributed by atoms with Crippen molar-refractivity contribution < 1.29 is 32.0 Å². The fraction of sp³-hybridized carbons (Fsp3) is 0.640. The van der Waals surface area contributed by atoms with Gasteiger partial charge in [-0.25, -0.2) is 0 Å². The van der Waals surface area contributed by atoms with E-state index in [0.29, 0.717) is 32.3 Å². The van der Waals surface area contributed by atoms with Crippen molar-refractivity contribution in [2.45, 2.75) is 77.6 Å². The largest absolute Gasteiger partial charge is 0.461 e. The molecule has 1 saturated carbocycles. The van der Waals surface area contributed by atoms with Gasteiger partial charge in [0.2, 0.25) is 6.26 Å². The van der Waals surface area contributed by atoms with E-state index in [2.05, 4.69) is 0 Å². The van der Waals surface area contributed by atoms with Crippen LogP contribution in [0.4, 0.5) is 13.2 Å². The van der Waals surface area contributed by atoms with Crippen LogP contribution in [0.3, 0.4) is 0 Å². The molecular formula is C25H32F3O4PS.